The number of rotatable bonds is 6. The van der Waals surface area contributed by atoms with E-state index in [1.54, 1.807) is 27.8 Å². The van der Waals surface area contributed by atoms with Gasteiger partial charge in [-0.2, -0.15) is 23.4 Å². The lowest BCUT2D eigenvalue weighted by molar-refractivity contribution is -0.122. The Hall–Kier alpha value is -3.17. The van der Waals surface area contributed by atoms with E-state index in [4.69, 9.17) is 0 Å². The average molecular weight is 409 g/mol. The molecule has 0 aromatic carbocycles. The third kappa shape index (κ3) is 5.01. The van der Waals surface area contributed by atoms with E-state index in [2.05, 4.69) is 22.1 Å². The number of aromatic nitrogens is 4. The minimum absolute atomic E-state index is 0.325. The minimum atomic E-state index is -4.50. The molecule has 0 saturated heterocycles. The van der Waals surface area contributed by atoms with Crippen LogP contribution in [0.5, 0.6) is 0 Å². The number of carbonyl (C=O) groups excluding carboxylic acids is 1. The molecule has 2 rings (SSSR count). The van der Waals surface area contributed by atoms with E-state index in [0.29, 0.717) is 22.2 Å². The largest absolute Gasteiger partial charge is 0.416 e. The third-order valence-corrected chi connectivity index (χ3v) is 4.46. The number of hydrogen-bond acceptors (Lipinski definition) is 4. The number of amides is 1. The molecule has 10 heteroatoms. The smallest absolute Gasteiger partial charge is 0.348 e. The van der Waals surface area contributed by atoms with Gasteiger partial charge in [-0.1, -0.05) is 30.4 Å². The van der Waals surface area contributed by atoms with Crippen LogP contribution in [0.4, 0.5) is 13.2 Å². The van der Waals surface area contributed by atoms with Gasteiger partial charge in [0.05, 0.1) is 17.5 Å². The second-order valence-electron chi connectivity index (χ2n) is 6.60. The first-order valence-corrected chi connectivity index (χ1v) is 8.72. The van der Waals surface area contributed by atoms with Crippen molar-refractivity contribution in [1.29, 1.82) is 0 Å². The summed E-state index contributed by atoms with van der Waals surface area (Å²) in [4.78, 5) is 24.9. The lowest BCUT2D eigenvalue weighted by Gasteiger charge is -2.15. The number of fused-ring (bicyclic) bond motifs is 1. The third-order valence-electron chi connectivity index (χ3n) is 4.46. The van der Waals surface area contributed by atoms with Crippen LogP contribution in [0.2, 0.25) is 0 Å². The topological polar surface area (TPSA) is 81.8 Å². The van der Waals surface area contributed by atoms with E-state index in [1.807, 2.05) is 0 Å². The van der Waals surface area contributed by atoms with Gasteiger partial charge in [0.25, 0.3) is 5.56 Å². The Labute approximate surface area is 165 Å². The maximum atomic E-state index is 12.7. The van der Waals surface area contributed by atoms with Crippen molar-refractivity contribution in [3.05, 3.63) is 58.2 Å². The number of aryl methyl sites for hydroxylation is 2. The summed E-state index contributed by atoms with van der Waals surface area (Å²) >= 11 is 0. The van der Waals surface area contributed by atoms with Gasteiger partial charge in [0.15, 0.2) is 0 Å². The highest BCUT2D eigenvalue weighted by molar-refractivity contribution is 5.80. The molecule has 0 bridgehead atoms. The number of alkyl halides is 3. The van der Waals surface area contributed by atoms with Crippen molar-refractivity contribution in [2.75, 3.05) is 0 Å². The molecule has 29 heavy (non-hydrogen) atoms. The van der Waals surface area contributed by atoms with Crippen LogP contribution in [0, 0.1) is 6.92 Å². The van der Waals surface area contributed by atoms with Crippen molar-refractivity contribution >= 4 is 16.8 Å². The molecule has 1 amide bonds. The summed E-state index contributed by atoms with van der Waals surface area (Å²) in [5.41, 5.74) is 0.0542. The van der Waals surface area contributed by atoms with Crippen LogP contribution in [0.1, 0.15) is 19.5 Å². The predicted molar refractivity (Wildman–Crippen MR) is 103 cm³/mol. The van der Waals surface area contributed by atoms with Gasteiger partial charge < -0.3 is 5.32 Å². The molecule has 0 aliphatic carbocycles. The van der Waals surface area contributed by atoms with Crippen molar-refractivity contribution in [1.82, 2.24) is 24.9 Å². The second kappa shape index (κ2) is 8.46. The molecule has 0 fully saturated rings. The second-order valence-corrected chi connectivity index (χ2v) is 6.60. The molecule has 0 saturated carbocycles. The average Bonchev–Trinajstić information content (AvgIpc) is 3.01. The summed E-state index contributed by atoms with van der Waals surface area (Å²) in [6.07, 6.45) is -0.0731. The number of carbonyl (C=O) groups is 1. The first-order chi connectivity index (χ1) is 13.5. The van der Waals surface area contributed by atoms with E-state index in [0.717, 1.165) is 16.8 Å². The quantitative estimate of drug-likeness (QED) is 0.744. The summed E-state index contributed by atoms with van der Waals surface area (Å²) in [5, 5.41) is 11.4. The Morgan fingerprint density at radius 3 is 2.62 bits per heavy atom. The van der Waals surface area contributed by atoms with E-state index in [9.17, 15) is 22.8 Å². The summed E-state index contributed by atoms with van der Waals surface area (Å²) in [7, 11) is 1.62. The van der Waals surface area contributed by atoms with Crippen molar-refractivity contribution < 1.29 is 18.0 Å². The van der Waals surface area contributed by atoms with Crippen molar-refractivity contribution in [2.24, 2.45) is 7.05 Å². The van der Waals surface area contributed by atoms with Gasteiger partial charge in [0.2, 0.25) is 5.91 Å². The monoisotopic (exact) mass is 409 g/mol. The van der Waals surface area contributed by atoms with Gasteiger partial charge in [-0.25, -0.2) is 4.68 Å². The highest BCUT2D eigenvalue weighted by atomic mass is 19.4. The van der Waals surface area contributed by atoms with E-state index >= 15 is 0 Å². The van der Waals surface area contributed by atoms with Gasteiger partial charge in [0.1, 0.15) is 12.1 Å². The van der Waals surface area contributed by atoms with Crippen molar-refractivity contribution in [2.45, 2.75) is 39.5 Å². The molecule has 1 atom stereocenters. The van der Waals surface area contributed by atoms with Gasteiger partial charge in [0, 0.05) is 18.5 Å². The van der Waals surface area contributed by atoms with Gasteiger partial charge in [-0.15, -0.1) is 0 Å². The fraction of sp³-hybridized carbons (Fsp3) is 0.368. The predicted octanol–water partition coefficient (Wildman–Crippen LogP) is 2.56. The molecule has 7 nitrogen and oxygen atoms in total. The van der Waals surface area contributed by atoms with Gasteiger partial charge in [-0.3, -0.25) is 14.3 Å². The molecule has 2 aromatic rings. The molecular weight excluding hydrogens is 387 g/mol. The van der Waals surface area contributed by atoms with Gasteiger partial charge in [-0.05, 0) is 20.8 Å². The van der Waals surface area contributed by atoms with E-state index < -0.39 is 29.3 Å². The Morgan fingerprint density at radius 2 is 2.03 bits per heavy atom. The summed E-state index contributed by atoms with van der Waals surface area (Å²) < 4.78 is 40.6. The van der Waals surface area contributed by atoms with E-state index in [1.165, 1.54) is 17.0 Å². The number of allylic oxidation sites excluding steroid dienone is 4. The number of nitrogens with zero attached hydrogens (tertiary/aromatic N) is 4. The zero-order valence-corrected chi connectivity index (χ0v) is 16.5. The van der Waals surface area contributed by atoms with Crippen molar-refractivity contribution in [3.8, 4) is 0 Å². The highest BCUT2D eigenvalue weighted by Gasteiger charge is 2.30. The van der Waals surface area contributed by atoms with Crippen LogP contribution in [0.15, 0.2) is 46.9 Å². The summed E-state index contributed by atoms with van der Waals surface area (Å²) in [5.74, 6) is -0.496. The summed E-state index contributed by atoms with van der Waals surface area (Å²) in [6.45, 7) is 7.75. The van der Waals surface area contributed by atoms with Crippen LogP contribution >= 0.6 is 0 Å². The molecule has 2 aromatic heterocycles. The molecule has 0 aliphatic heterocycles. The molecule has 0 unspecified atom stereocenters. The molecular formula is C19H22F3N5O2. The lowest BCUT2D eigenvalue weighted by Crippen LogP contribution is -2.39. The molecule has 0 aliphatic rings. The maximum absolute atomic E-state index is 12.7. The first-order valence-electron chi connectivity index (χ1n) is 8.72. The van der Waals surface area contributed by atoms with Crippen molar-refractivity contribution in [3.63, 3.8) is 0 Å². The minimum Gasteiger partial charge on any atom is -0.348 e. The molecule has 156 valence electrons. The van der Waals surface area contributed by atoms with Crippen LogP contribution < -0.4 is 10.9 Å². The Morgan fingerprint density at radius 1 is 1.38 bits per heavy atom. The zero-order chi connectivity index (χ0) is 21.9. The first kappa shape index (κ1) is 22.1. The number of nitrogens with one attached hydrogen (secondary N) is 1. The number of hydrogen-bond donors (Lipinski definition) is 1. The Kier molecular flexibility index (Phi) is 6.45. The van der Waals surface area contributed by atoms with E-state index in [-0.39, 0.29) is 6.54 Å². The zero-order valence-electron chi connectivity index (χ0n) is 16.5. The molecule has 0 radical (unpaired) electrons. The summed E-state index contributed by atoms with van der Waals surface area (Å²) in [6, 6.07) is -0.546. The molecule has 0 spiro atoms. The van der Waals surface area contributed by atoms with Crippen LogP contribution in [-0.2, 0) is 18.4 Å². The highest BCUT2D eigenvalue weighted by Crippen LogP contribution is 2.26. The van der Waals surface area contributed by atoms with Crippen LogP contribution in [0.3, 0.4) is 0 Å². The number of halogens is 3. The molecule has 2 heterocycles. The van der Waals surface area contributed by atoms with Gasteiger partial charge >= 0.3 is 6.18 Å². The Bertz CT molecular complexity index is 1060. The van der Waals surface area contributed by atoms with Crippen LogP contribution in [0.25, 0.3) is 10.9 Å². The normalized spacial score (nSPS) is 14.2. The standard InChI is InChI=1S/C19H22F3N5O2/c1-6-14(19(20,21)22)8-7-11(2)12(3)24-16(28)10-27-18(29)17-15(13(4)25-27)9-23-26(17)5/h6-9,12H,1,10H2,2-5H3,(H,24,28)/b11-7+,14-8+/t12-/m0/s1. The van der Waals surface area contributed by atoms with Crippen LogP contribution in [-0.4, -0.2) is 37.7 Å². The fourth-order valence-corrected chi connectivity index (χ4v) is 2.65. The maximum Gasteiger partial charge on any atom is 0.416 e. The fourth-order valence-electron chi connectivity index (χ4n) is 2.65. The SMILES string of the molecule is C=C/C(=C\C=C(/C)[C@H](C)NC(=O)Cn1nc(C)c2cnn(C)c2c1=O)C(F)(F)F. The lowest BCUT2D eigenvalue weighted by atomic mass is 10.1. The molecule has 1 N–H and O–H groups in total. The Balaban J connectivity index is 2.16.